The van der Waals surface area contributed by atoms with E-state index in [1.54, 1.807) is 27.7 Å². The molecule has 13 nitrogen and oxygen atoms in total. The van der Waals surface area contributed by atoms with Crippen LogP contribution in [0.5, 0.6) is 0 Å². The van der Waals surface area contributed by atoms with Gasteiger partial charge in [-0.05, 0) is 47.2 Å². The highest BCUT2D eigenvalue weighted by atomic mass is 16.6. The van der Waals surface area contributed by atoms with Gasteiger partial charge in [0.25, 0.3) is 11.8 Å². The van der Waals surface area contributed by atoms with Crippen LogP contribution in [0.15, 0.2) is 58.8 Å². The number of nitrogens with one attached hydrogen (secondary N) is 2. The number of hydrogen-bond acceptors (Lipinski definition) is 7. The van der Waals surface area contributed by atoms with Gasteiger partial charge < -0.3 is 15.4 Å². The summed E-state index contributed by atoms with van der Waals surface area (Å²) in [6, 6.07) is 9.20. The predicted octanol–water partition coefficient (Wildman–Crippen LogP) is 4.85. The van der Waals surface area contributed by atoms with Crippen LogP contribution >= 0.6 is 0 Å². The first-order chi connectivity index (χ1) is 17.6. The van der Waals surface area contributed by atoms with E-state index in [9.17, 15) is 19.2 Å². The number of ether oxygens (including phenoxy) is 1. The van der Waals surface area contributed by atoms with Crippen molar-refractivity contribution in [2.24, 2.45) is 22.1 Å². The molecule has 192 valence electrons. The second-order valence-electron chi connectivity index (χ2n) is 8.60. The van der Waals surface area contributed by atoms with E-state index in [4.69, 9.17) is 15.8 Å². The molecule has 0 saturated carbocycles. The second-order valence-corrected chi connectivity index (χ2v) is 8.60. The molecule has 0 heterocycles. The number of rotatable bonds is 10. The maximum absolute atomic E-state index is 12.8. The minimum Gasteiger partial charge on any atom is -0.390 e. The normalized spacial score (nSPS) is 11.9. The Hall–Kier alpha value is -4.86. The van der Waals surface area contributed by atoms with Gasteiger partial charge in [0.15, 0.2) is 0 Å². The summed E-state index contributed by atoms with van der Waals surface area (Å²) in [4.78, 5) is 56.2. The number of amides is 2. The van der Waals surface area contributed by atoms with Crippen LogP contribution in [0.4, 0.5) is 11.4 Å². The average molecular weight is 507 g/mol. The number of azide groups is 2. The van der Waals surface area contributed by atoms with Crippen molar-refractivity contribution in [3.8, 4) is 0 Å². The Balaban J connectivity index is 2.09. The highest BCUT2D eigenvalue weighted by Gasteiger charge is 2.33. The predicted molar refractivity (Wildman–Crippen MR) is 134 cm³/mol. The molecule has 2 rings (SSSR count). The van der Waals surface area contributed by atoms with Crippen molar-refractivity contribution < 1.29 is 23.9 Å². The van der Waals surface area contributed by atoms with Crippen LogP contribution in [0, 0.1) is 11.8 Å². The number of hydrogen-bond donors (Lipinski definition) is 2. The summed E-state index contributed by atoms with van der Waals surface area (Å²) < 4.78 is 5.06. The molecule has 2 aromatic carbocycles. The molecule has 0 unspecified atom stereocenters. The third-order valence-corrected chi connectivity index (χ3v) is 5.19. The van der Waals surface area contributed by atoms with Gasteiger partial charge in [-0.2, -0.15) is 0 Å². The first-order valence-corrected chi connectivity index (χ1v) is 11.2. The van der Waals surface area contributed by atoms with Crippen LogP contribution < -0.4 is 10.6 Å². The number of carbonyl (C=O) groups is 4. The minimum absolute atomic E-state index is 0.209. The van der Waals surface area contributed by atoms with Crippen molar-refractivity contribution in [3.63, 3.8) is 0 Å². The van der Waals surface area contributed by atoms with Gasteiger partial charge in [-0.1, -0.05) is 62.2 Å². The Labute approximate surface area is 212 Å². The molecule has 0 radical (unpaired) electrons. The van der Waals surface area contributed by atoms with E-state index in [0.717, 1.165) is 0 Å². The molecule has 0 aromatic heterocycles. The first kappa shape index (κ1) is 28.4. The van der Waals surface area contributed by atoms with E-state index in [2.05, 4.69) is 30.7 Å². The van der Waals surface area contributed by atoms with E-state index >= 15 is 0 Å². The van der Waals surface area contributed by atoms with Gasteiger partial charge in [-0.15, -0.1) is 0 Å². The molecule has 2 atom stereocenters. The monoisotopic (exact) mass is 506 g/mol. The molecule has 0 aliphatic heterocycles. The lowest BCUT2D eigenvalue weighted by Gasteiger charge is -2.24. The highest BCUT2D eigenvalue weighted by molar-refractivity contribution is 6.00. The lowest BCUT2D eigenvalue weighted by atomic mass is 10.0. The first-order valence-electron chi connectivity index (χ1n) is 11.2. The lowest BCUT2D eigenvalue weighted by Crippen LogP contribution is -2.50. The van der Waals surface area contributed by atoms with Gasteiger partial charge in [0.05, 0.1) is 0 Å². The van der Waals surface area contributed by atoms with E-state index in [0.29, 0.717) is 11.4 Å². The van der Waals surface area contributed by atoms with Crippen molar-refractivity contribution in [2.45, 2.75) is 39.8 Å². The van der Waals surface area contributed by atoms with Gasteiger partial charge in [0.2, 0.25) is 0 Å². The zero-order chi connectivity index (χ0) is 27.5. The zero-order valence-electron chi connectivity index (χ0n) is 20.7. The topological polar surface area (TPSA) is 199 Å². The quantitative estimate of drug-likeness (QED) is 0.152. The summed E-state index contributed by atoms with van der Waals surface area (Å²) in [5.74, 6) is -3.97. The summed E-state index contributed by atoms with van der Waals surface area (Å²) in [7, 11) is 0. The SMILES string of the molecule is CC(C)[C@H](NC(=O)c1ccc(N=[N+]=[N-])cc1)C(=O)OC(=O)[C@@H](NC(=O)c1ccc(N=[N+]=[N-])cc1)C(C)C. The number of nitrogens with zero attached hydrogens (tertiary/aromatic N) is 6. The molecule has 0 aliphatic carbocycles. The lowest BCUT2D eigenvalue weighted by molar-refractivity contribution is -0.163. The Morgan fingerprint density at radius 1 is 0.676 bits per heavy atom. The molecule has 2 N–H and O–H groups in total. The van der Waals surface area contributed by atoms with Crippen LogP contribution in [0.25, 0.3) is 20.9 Å². The highest BCUT2D eigenvalue weighted by Crippen LogP contribution is 2.16. The molecule has 0 aliphatic rings. The van der Waals surface area contributed by atoms with E-state index in [1.807, 2.05) is 0 Å². The summed E-state index contributed by atoms with van der Waals surface area (Å²) in [6.07, 6.45) is 0. The van der Waals surface area contributed by atoms with Crippen LogP contribution in [0.3, 0.4) is 0 Å². The fraction of sp³-hybridized carbons (Fsp3) is 0.333. The summed E-state index contributed by atoms with van der Waals surface area (Å²) in [5.41, 5.74) is 18.0. The summed E-state index contributed by atoms with van der Waals surface area (Å²) >= 11 is 0. The van der Waals surface area contributed by atoms with E-state index in [1.165, 1.54) is 48.5 Å². The van der Waals surface area contributed by atoms with Crippen molar-refractivity contribution >= 4 is 35.1 Å². The van der Waals surface area contributed by atoms with Crippen molar-refractivity contribution in [1.82, 2.24) is 10.6 Å². The molecule has 0 spiro atoms. The smallest absolute Gasteiger partial charge is 0.336 e. The molecule has 13 heteroatoms. The van der Waals surface area contributed by atoms with E-state index in [-0.39, 0.29) is 11.1 Å². The standard InChI is InChI=1S/C24H26N8O5/c1-13(2)19(27-21(33)15-5-9-17(10-6-15)29-31-25)23(35)37-24(36)20(14(3)4)28-22(34)16-7-11-18(12-8-16)30-32-26/h5-14,19-20H,1-4H3,(H,27,33)(H,28,34)/t19-,20-/m0/s1. The molecular formula is C24H26N8O5. The molecule has 0 bridgehead atoms. The van der Waals surface area contributed by atoms with Crippen molar-refractivity contribution in [2.75, 3.05) is 0 Å². The Morgan fingerprint density at radius 3 is 1.27 bits per heavy atom. The maximum Gasteiger partial charge on any atom is 0.336 e. The van der Waals surface area contributed by atoms with E-state index < -0.39 is 47.7 Å². The number of carbonyl (C=O) groups excluding carboxylic acids is 4. The second kappa shape index (κ2) is 13.3. The number of benzene rings is 2. The Morgan fingerprint density at radius 2 is 1.00 bits per heavy atom. The zero-order valence-corrected chi connectivity index (χ0v) is 20.7. The summed E-state index contributed by atoms with van der Waals surface area (Å²) in [6.45, 7) is 6.68. The van der Waals surface area contributed by atoms with Gasteiger partial charge in [0, 0.05) is 32.3 Å². The number of esters is 2. The summed E-state index contributed by atoms with van der Waals surface area (Å²) in [5, 5.41) is 12.0. The van der Waals surface area contributed by atoms with Gasteiger partial charge in [-0.25, -0.2) is 9.59 Å². The van der Waals surface area contributed by atoms with Gasteiger partial charge >= 0.3 is 11.9 Å². The fourth-order valence-corrected chi connectivity index (χ4v) is 3.13. The van der Waals surface area contributed by atoms with Crippen LogP contribution in [0.1, 0.15) is 48.4 Å². The van der Waals surface area contributed by atoms with Crippen molar-refractivity contribution in [1.29, 1.82) is 0 Å². The largest absolute Gasteiger partial charge is 0.390 e. The van der Waals surface area contributed by atoms with Gasteiger partial charge in [-0.3, -0.25) is 9.59 Å². The molecule has 0 fully saturated rings. The average Bonchev–Trinajstić information content (AvgIpc) is 2.86. The Kier molecular flexibility index (Phi) is 10.2. The molecule has 0 saturated heterocycles. The third-order valence-electron chi connectivity index (χ3n) is 5.19. The Bertz CT molecular complexity index is 1150. The van der Waals surface area contributed by atoms with Crippen LogP contribution in [-0.4, -0.2) is 35.8 Å². The van der Waals surface area contributed by atoms with Gasteiger partial charge in [0.1, 0.15) is 12.1 Å². The van der Waals surface area contributed by atoms with Crippen LogP contribution in [0.2, 0.25) is 0 Å². The molecule has 2 aromatic rings. The molecule has 37 heavy (non-hydrogen) atoms. The third kappa shape index (κ3) is 8.10. The van der Waals surface area contributed by atoms with Crippen LogP contribution in [-0.2, 0) is 14.3 Å². The fourth-order valence-electron chi connectivity index (χ4n) is 3.13. The van der Waals surface area contributed by atoms with Crippen molar-refractivity contribution in [3.05, 3.63) is 80.5 Å². The maximum atomic E-state index is 12.8. The minimum atomic E-state index is -1.15. The molecular weight excluding hydrogens is 480 g/mol. The molecule has 2 amide bonds.